The number of carbonyl (C=O) groups is 1. The number of aryl methyl sites for hydroxylation is 2. The molecule has 6 nitrogen and oxygen atoms in total. The Bertz CT molecular complexity index is 990. The van der Waals surface area contributed by atoms with Crippen molar-refractivity contribution in [1.29, 1.82) is 0 Å². The Hall–Kier alpha value is -2.87. The van der Waals surface area contributed by atoms with Crippen molar-refractivity contribution in [1.82, 2.24) is 14.8 Å². The van der Waals surface area contributed by atoms with Gasteiger partial charge in [0.2, 0.25) is 5.89 Å². The monoisotopic (exact) mass is 372 g/mol. The Labute approximate surface area is 153 Å². The van der Waals surface area contributed by atoms with Crippen LogP contribution in [0.4, 0.5) is 4.39 Å². The van der Waals surface area contributed by atoms with Crippen molar-refractivity contribution in [3.8, 4) is 5.69 Å². The third-order valence-corrected chi connectivity index (χ3v) is 4.59. The Morgan fingerprint density at radius 2 is 1.92 bits per heavy atom. The second kappa shape index (κ2) is 7.17. The predicted octanol–water partition coefficient (Wildman–Crippen LogP) is 2.81. The molecule has 0 saturated heterocycles. The summed E-state index contributed by atoms with van der Waals surface area (Å²) >= 11 is 0.834. The van der Waals surface area contributed by atoms with Crippen LogP contribution in [-0.2, 0) is 4.79 Å². The van der Waals surface area contributed by atoms with Crippen molar-refractivity contribution in [3.05, 3.63) is 63.9 Å². The molecule has 0 aliphatic heterocycles. The molecule has 0 unspecified atom stereocenters. The summed E-state index contributed by atoms with van der Waals surface area (Å²) in [6, 6.07) is 7.94. The van der Waals surface area contributed by atoms with Crippen molar-refractivity contribution in [2.45, 2.75) is 26.0 Å². The fraction of sp³-hybridized carbons (Fsp3) is 0.167. The first kappa shape index (κ1) is 17.9. The van der Waals surface area contributed by atoms with Gasteiger partial charge in [-0.25, -0.2) is 4.39 Å². The van der Waals surface area contributed by atoms with Crippen LogP contribution in [0.1, 0.15) is 22.8 Å². The summed E-state index contributed by atoms with van der Waals surface area (Å²) in [6.07, 6.45) is 1.50. The zero-order valence-electron chi connectivity index (χ0n) is 14.3. The molecule has 0 fully saturated rings. The molecule has 26 heavy (non-hydrogen) atoms. The molecule has 1 aromatic carbocycles. The van der Waals surface area contributed by atoms with E-state index in [0.717, 1.165) is 28.8 Å². The van der Waals surface area contributed by atoms with Gasteiger partial charge in [0, 0.05) is 28.9 Å². The highest BCUT2D eigenvalue weighted by Gasteiger charge is 2.13. The standard InChI is InChI=1S/C18H16FN3O3S/c1-10-8-13(11(2)22(10)15-6-4-14(19)5-7-15)9-16(17(23)24)26-18-21-20-12(3)25-18/h4-9H,1-3H3,(H,23,24)/p-1/b16-9-. The molecular weight excluding hydrogens is 357 g/mol. The van der Waals surface area contributed by atoms with Crippen molar-refractivity contribution in [2.24, 2.45) is 0 Å². The maximum atomic E-state index is 13.2. The highest BCUT2D eigenvalue weighted by atomic mass is 32.2. The number of benzene rings is 1. The lowest BCUT2D eigenvalue weighted by Gasteiger charge is -2.10. The van der Waals surface area contributed by atoms with E-state index in [0.29, 0.717) is 11.5 Å². The van der Waals surface area contributed by atoms with Crippen LogP contribution >= 0.6 is 11.8 Å². The number of aromatic nitrogens is 3. The number of hydrogen-bond acceptors (Lipinski definition) is 6. The molecule has 0 N–H and O–H groups in total. The van der Waals surface area contributed by atoms with E-state index in [1.165, 1.54) is 18.2 Å². The average Bonchev–Trinajstić information content (AvgIpc) is 3.11. The Kier molecular flexibility index (Phi) is 4.94. The smallest absolute Gasteiger partial charge is 0.281 e. The Morgan fingerprint density at radius 1 is 1.23 bits per heavy atom. The number of aliphatic carboxylic acids is 1. The lowest BCUT2D eigenvalue weighted by molar-refractivity contribution is -0.298. The third-order valence-electron chi connectivity index (χ3n) is 3.75. The summed E-state index contributed by atoms with van der Waals surface area (Å²) in [7, 11) is 0. The zero-order valence-corrected chi connectivity index (χ0v) is 15.1. The first-order chi connectivity index (χ1) is 12.3. The van der Waals surface area contributed by atoms with Gasteiger partial charge in [-0.05, 0) is 67.6 Å². The molecule has 0 radical (unpaired) electrons. The quantitative estimate of drug-likeness (QED) is 0.506. The Morgan fingerprint density at radius 3 is 2.50 bits per heavy atom. The number of nitrogens with zero attached hydrogens (tertiary/aromatic N) is 3. The van der Waals surface area contributed by atoms with Gasteiger partial charge in [0.25, 0.3) is 5.22 Å². The number of thioether (sulfide) groups is 1. The molecule has 0 amide bonds. The summed E-state index contributed by atoms with van der Waals surface area (Å²) in [5.41, 5.74) is 3.19. The van der Waals surface area contributed by atoms with Crippen LogP contribution in [0.15, 0.2) is 44.9 Å². The third kappa shape index (κ3) is 3.70. The number of carboxylic acid groups (broad SMARTS) is 1. The largest absolute Gasteiger partial charge is 0.544 e. The zero-order chi connectivity index (χ0) is 18.8. The summed E-state index contributed by atoms with van der Waals surface area (Å²) < 4.78 is 20.3. The van der Waals surface area contributed by atoms with Gasteiger partial charge in [0.1, 0.15) is 5.82 Å². The minimum Gasteiger partial charge on any atom is -0.544 e. The SMILES string of the molecule is Cc1nnc(S/C(=C\c2cc(C)n(-c3ccc(F)cc3)c2C)C(=O)[O-])o1. The van der Waals surface area contributed by atoms with E-state index < -0.39 is 5.97 Å². The first-order valence-corrected chi connectivity index (χ1v) is 8.52. The summed E-state index contributed by atoms with van der Waals surface area (Å²) in [6.45, 7) is 5.37. The molecule has 0 saturated carbocycles. The van der Waals surface area contributed by atoms with E-state index in [-0.39, 0.29) is 15.9 Å². The number of halogens is 1. The van der Waals surface area contributed by atoms with E-state index >= 15 is 0 Å². The van der Waals surface area contributed by atoms with Crippen LogP contribution in [-0.4, -0.2) is 20.7 Å². The van der Waals surface area contributed by atoms with Crippen LogP contribution in [0.25, 0.3) is 11.8 Å². The van der Waals surface area contributed by atoms with Crippen LogP contribution in [0.5, 0.6) is 0 Å². The molecule has 2 aromatic heterocycles. The van der Waals surface area contributed by atoms with Gasteiger partial charge in [-0.2, -0.15) is 0 Å². The minimum atomic E-state index is -1.34. The second-order valence-corrected chi connectivity index (χ2v) is 6.62. The van der Waals surface area contributed by atoms with E-state index in [4.69, 9.17) is 4.42 Å². The highest BCUT2D eigenvalue weighted by molar-refractivity contribution is 8.03. The predicted molar refractivity (Wildman–Crippen MR) is 93.1 cm³/mol. The van der Waals surface area contributed by atoms with Crippen molar-refractivity contribution in [3.63, 3.8) is 0 Å². The maximum Gasteiger partial charge on any atom is 0.281 e. The van der Waals surface area contributed by atoms with Crippen LogP contribution < -0.4 is 5.11 Å². The molecule has 3 rings (SSSR count). The first-order valence-electron chi connectivity index (χ1n) is 7.71. The molecule has 134 valence electrons. The fourth-order valence-corrected chi connectivity index (χ4v) is 3.31. The van der Waals surface area contributed by atoms with Crippen molar-refractivity contribution >= 4 is 23.8 Å². The highest BCUT2D eigenvalue weighted by Crippen LogP contribution is 2.29. The van der Waals surface area contributed by atoms with Gasteiger partial charge in [0.15, 0.2) is 0 Å². The normalized spacial score (nSPS) is 11.8. The van der Waals surface area contributed by atoms with E-state index in [1.807, 2.05) is 24.5 Å². The summed E-state index contributed by atoms with van der Waals surface area (Å²) in [4.78, 5) is 11.4. The minimum absolute atomic E-state index is 0.0481. The van der Waals surface area contributed by atoms with Gasteiger partial charge >= 0.3 is 0 Å². The molecule has 8 heteroatoms. The summed E-state index contributed by atoms with van der Waals surface area (Å²) in [5.74, 6) is -1.31. The molecule has 0 atom stereocenters. The molecular formula is C18H15FN3O3S-. The topological polar surface area (TPSA) is 84.0 Å². The van der Waals surface area contributed by atoms with Crippen LogP contribution in [0.3, 0.4) is 0 Å². The summed E-state index contributed by atoms with van der Waals surface area (Å²) in [5, 5.41) is 19.1. The average molecular weight is 372 g/mol. The molecule has 0 bridgehead atoms. The maximum absolute atomic E-state index is 13.2. The van der Waals surface area contributed by atoms with E-state index in [2.05, 4.69) is 10.2 Å². The van der Waals surface area contributed by atoms with Gasteiger partial charge in [-0.15, -0.1) is 10.2 Å². The van der Waals surface area contributed by atoms with Gasteiger partial charge in [-0.3, -0.25) is 0 Å². The van der Waals surface area contributed by atoms with Gasteiger partial charge in [0.05, 0.1) is 5.97 Å². The number of carboxylic acids is 1. The van der Waals surface area contributed by atoms with E-state index in [9.17, 15) is 14.3 Å². The second-order valence-electron chi connectivity index (χ2n) is 5.62. The fourth-order valence-electron chi connectivity index (χ4n) is 2.61. The van der Waals surface area contributed by atoms with Gasteiger partial charge in [-0.1, -0.05) is 0 Å². The van der Waals surface area contributed by atoms with Crippen LogP contribution in [0.2, 0.25) is 0 Å². The lowest BCUT2D eigenvalue weighted by Crippen LogP contribution is -2.23. The molecule has 2 heterocycles. The number of carbonyl (C=O) groups excluding carboxylic acids is 1. The molecule has 3 aromatic rings. The Balaban J connectivity index is 1.99. The molecule has 0 spiro atoms. The van der Waals surface area contributed by atoms with Crippen molar-refractivity contribution < 1.29 is 18.7 Å². The number of hydrogen-bond donors (Lipinski definition) is 0. The number of rotatable bonds is 5. The van der Waals surface area contributed by atoms with Gasteiger partial charge < -0.3 is 18.9 Å². The lowest BCUT2D eigenvalue weighted by atomic mass is 10.2. The van der Waals surface area contributed by atoms with Crippen LogP contribution in [0, 0.1) is 26.6 Å². The van der Waals surface area contributed by atoms with E-state index in [1.54, 1.807) is 19.1 Å². The molecule has 0 aliphatic rings. The van der Waals surface area contributed by atoms with Crippen molar-refractivity contribution in [2.75, 3.05) is 0 Å². The molecule has 0 aliphatic carbocycles.